The summed E-state index contributed by atoms with van der Waals surface area (Å²) in [5, 5.41) is 11.5. The lowest BCUT2D eigenvalue weighted by atomic mass is 10.1. The third-order valence-electron chi connectivity index (χ3n) is 6.69. The number of hydrogen-bond donors (Lipinski definition) is 2. The lowest BCUT2D eigenvalue weighted by Crippen LogP contribution is -2.33. The Morgan fingerprint density at radius 1 is 1.04 bits per heavy atom. The molecule has 0 spiro atoms. The highest BCUT2D eigenvalue weighted by Gasteiger charge is 2.20. The second kappa shape index (κ2) is 13.2. The average molecular weight is 616 g/mol. The topological polar surface area (TPSA) is 116 Å². The Morgan fingerprint density at radius 3 is 2.51 bits per heavy atom. The largest absolute Gasteiger partial charge is 0.494 e. The van der Waals surface area contributed by atoms with Gasteiger partial charge in [0.05, 0.1) is 18.7 Å². The highest BCUT2D eigenvalue weighted by molar-refractivity contribution is 5.92. The second-order valence-electron chi connectivity index (χ2n) is 11.4. The highest BCUT2D eigenvalue weighted by atomic mass is 19.1. The summed E-state index contributed by atoms with van der Waals surface area (Å²) in [7, 11) is 0. The zero-order valence-electron chi connectivity index (χ0n) is 25.8. The number of carbonyl (C=O) groups excluding carboxylic acids is 1. The molecule has 3 aromatic heterocycles. The molecule has 2 aromatic carbocycles. The molecule has 0 fully saturated rings. The number of carbonyl (C=O) groups is 1. The molecular weight excluding hydrogens is 580 g/mol. The number of amides is 1. The van der Waals surface area contributed by atoms with Gasteiger partial charge in [-0.15, -0.1) is 0 Å². The summed E-state index contributed by atoms with van der Waals surface area (Å²) in [5.74, 6) is -0.492. The van der Waals surface area contributed by atoms with Gasteiger partial charge in [-0.1, -0.05) is 18.2 Å². The summed E-state index contributed by atoms with van der Waals surface area (Å²) in [5.41, 5.74) is 2.69. The molecule has 0 saturated heterocycles. The quantitative estimate of drug-likeness (QED) is 0.178. The number of aryl methyl sites for hydroxylation is 1. The van der Waals surface area contributed by atoms with Gasteiger partial charge < -0.3 is 20.1 Å². The zero-order valence-corrected chi connectivity index (χ0v) is 25.8. The molecule has 2 N–H and O–H groups in total. The van der Waals surface area contributed by atoms with Crippen LogP contribution in [0.15, 0.2) is 60.9 Å². The van der Waals surface area contributed by atoms with Crippen LogP contribution in [0.2, 0.25) is 0 Å². The Morgan fingerprint density at radius 2 is 1.80 bits per heavy atom. The van der Waals surface area contributed by atoms with Crippen LogP contribution in [0.4, 0.5) is 25.1 Å². The number of rotatable bonds is 10. The molecule has 0 aliphatic heterocycles. The van der Waals surface area contributed by atoms with Gasteiger partial charge in [-0.3, -0.25) is 9.67 Å². The van der Waals surface area contributed by atoms with Crippen LogP contribution in [-0.2, 0) is 17.7 Å². The number of pyridine rings is 1. The van der Waals surface area contributed by atoms with Crippen LogP contribution in [0.1, 0.15) is 44.5 Å². The number of benzene rings is 2. The summed E-state index contributed by atoms with van der Waals surface area (Å²) in [6.07, 6.45) is 3.27. The summed E-state index contributed by atoms with van der Waals surface area (Å²) in [6.45, 7) is 9.46. The van der Waals surface area contributed by atoms with Crippen LogP contribution in [0.25, 0.3) is 22.4 Å². The number of aromatic nitrogens is 5. The molecule has 0 radical (unpaired) electrons. The molecule has 5 aromatic rings. The number of nitrogens with one attached hydrogen (secondary N) is 2. The van der Waals surface area contributed by atoms with Gasteiger partial charge in [0.25, 0.3) is 0 Å². The van der Waals surface area contributed by atoms with Crippen molar-refractivity contribution in [1.29, 1.82) is 0 Å². The molecule has 10 nitrogen and oxygen atoms in total. The van der Waals surface area contributed by atoms with E-state index in [1.54, 1.807) is 40.1 Å². The molecule has 0 unspecified atom stereocenters. The zero-order chi connectivity index (χ0) is 32.1. The van der Waals surface area contributed by atoms with E-state index in [-0.39, 0.29) is 17.9 Å². The fourth-order valence-electron chi connectivity index (χ4n) is 4.73. The van der Waals surface area contributed by atoms with Crippen molar-refractivity contribution in [3.8, 4) is 17.3 Å². The third kappa shape index (κ3) is 7.69. The van der Waals surface area contributed by atoms with E-state index in [0.29, 0.717) is 47.8 Å². The smallest absolute Gasteiger partial charge is 0.407 e. The Balaban J connectivity index is 1.49. The van der Waals surface area contributed by atoms with E-state index in [1.807, 2.05) is 43.3 Å². The molecule has 3 heterocycles. The number of ether oxygens (including phenoxy) is 2. The number of nitrogens with zero attached hydrogens (tertiary/aromatic N) is 5. The van der Waals surface area contributed by atoms with Crippen LogP contribution >= 0.6 is 0 Å². The van der Waals surface area contributed by atoms with Crippen molar-refractivity contribution in [3.05, 3.63) is 89.4 Å². The molecule has 0 aliphatic carbocycles. The molecule has 5 rings (SSSR count). The monoisotopic (exact) mass is 615 g/mol. The van der Waals surface area contributed by atoms with Crippen LogP contribution in [0.3, 0.4) is 0 Å². The normalized spacial score (nSPS) is 11.4. The van der Waals surface area contributed by atoms with Crippen molar-refractivity contribution >= 4 is 28.5 Å². The van der Waals surface area contributed by atoms with E-state index < -0.39 is 23.3 Å². The summed E-state index contributed by atoms with van der Waals surface area (Å²) in [4.78, 5) is 25.9. The van der Waals surface area contributed by atoms with Crippen molar-refractivity contribution in [2.45, 2.75) is 53.2 Å². The van der Waals surface area contributed by atoms with Crippen LogP contribution < -0.4 is 15.4 Å². The van der Waals surface area contributed by atoms with E-state index in [2.05, 4.69) is 20.6 Å². The molecule has 234 valence electrons. The van der Waals surface area contributed by atoms with E-state index in [9.17, 15) is 13.6 Å². The molecule has 0 bridgehead atoms. The number of hydrogen-bond acceptors (Lipinski definition) is 8. The third-order valence-corrected chi connectivity index (χ3v) is 6.69. The Labute approximate surface area is 259 Å². The SMILES string of the molecule is CCOc1cc(F)c(Cn2nc(-c3ncc(CCNC(=O)OC(C)(C)C)c(Nc4ccnc(C)c4)n3)c3ccccc32)c(F)c1. The first-order chi connectivity index (χ1) is 21.5. The van der Waals surface area contributed by atoms with Crippen molar-refractivity contribution in [2.75, 3.05) is 18.5 Å². The molecule has 45 heavy (non-hydrogen) atoms. The molecule has 1 amide bonds. The van der Waals surface area contributed by atoms with Gasteiger partial charge >= 0.3 is 6.09 Å². The lowest BCUT2D eigenvalue weighted by Gasteiger charge is -2.19. The minimum Gasteiger partial charge on any atom is -0.494 e. The maximum Gasteiger partial charge on any atom is 0.407 e. The van der Waals surface area contributed by atoms with Crippen molar-refractivity contribution in [3.63, 3.8) is 0 Å². The fraction of sp³-hybridized carbons (Fsp3) is 0.303. The second-order valence-corrected chi connectivity index (χ2v) is 11.4. The van der Waals surface area contributed by atoms with Gasteiger partial charge in [-0.05, 0) is 59.2 Å². The van der Waals surface area contributed by atoms with Gasteiger partial charge in [0.15, 0.2) is 5.82 Å². The molecule has 0 atom stereocenters. The van der Waals surface area contributed by atoms with Crippen LogP contribution in [-0.4, -0.2) is 49.6 Å². The maximum atomic E-state index is 15.0. The summed E-state index contributed by atoms with van der Waals surface area (Å²) >= 11 is 0. The van der Waals surface area contributed by atoms with E-state index in [1.165, 1.54) is 16.8 Å². The number of para-hydroxylation sites is 1. The predicted octanol–water partition coefficient (Wildman–Crippen LogP) is 6.73. The first-order valence-electron chi connectivity index (χ1n) is 14.6. The first-order valence-corrected chi connectivity index (χ1v) is 14.6. The number of halogens is 2. The lowest BCUT2D eigenvalue weighted by molar-refractivity contribution is 0.0528. The summed E-state index contributed by atoms with van der Waals surface area (Å²) in [6, 6.07) is 13.4. The van der Waals surface area contributed by atoms with E-state index >= 15 is 0 Å². The summed E-state index contributed by atoms with van der Waals surface area (Å²) < 4.78 is 42.1. The fourth-order valence-corrected chi connectivity index (χ4v) is 4.73. The predicted molar refractivity (Wildman–Crippen MR) is 168 cm³/mol. The van der Waals surface area contributed by atoms with E-state index in [4.69, 9.17) is 19.6 Å². The Kier molecular flexibility index (Phi) is 9.21. The maximum absolute atomic E-state index is 15.0. The molecule has 12 heteroatoms. The van der Waals surface area contributed by atoms with Gasteiger partial charge in [-0.25, -0.2) is 23.5 Å². The van der Waals surface area contributed by atoms with Crippen molar-refractivity contribution in [1.82, 2.24) is 30.0 Å². The van der Waals surface area contributed by atoms with E-state index in [0.717, 1.165) is 16.9 Å². The average Bonchev–Trinajstić information content (AvgIpc) is 3.33. The van der Waals surface area contributed by atoms with Gasteiger partial charge in [-0.2, -0.15) is 5.10 Å². The molecule has 0 aliphatic rings. The minimum atomic E-state index is -0.723. The number of anilines is 2. The van der Waals surface area contributed by atoms with Gasteiger partial charge in [0.1, 0.15) is 34.5 Å². The first kappa shape index (κ1) is 31.3. The molecular formula is C33H35F2N7O3. The van der Waals surface area contributed by atoms with Crippen molar-refractivity contribution in [2.24, 2.45) is 0 Å². The highest BCUT2D eigenvalue weighted by Crippen LogP contribution is 2.30. The molecule has 0 saturated carbocycles. The standard InChI is InChI=1S/C33H35F2N7O3/c1-6-44-23-16-26(34)25(27(35)17-23)19-42-28-10-8-7-9-24(28)29(41-42)31-38-18-21(11-13-37-32(43)45-33(3,4)5)30(40-31)39-22-12-14-36-20(2)15-22/h7-10,12,14-18H,6,11,13,19H2,1-5H3,(H,37,43)(H,36,38,39,40). The van der Waals surface area contributed by atoms with Crippen LogP contribution in [0.5, 0.6) is 5.75 Å². The number of alkyl carbamates (subject to hydrolysis) is 1. The van der Waals surface area contributed by atoms with Crippen LogP contribution in [0, 0.1) is 18.6 Å². The van der Waals surface area contributed by atoms with Gasteiger partial charge in [0, 0.05) is 59.0 Å². The minimum absolute atomic E-state index is 0.126. The van der Waals surface area contributed by atoms with Gasteiger partial charge in [0.2, 0.25) is 0 Å². The Hall–Kier alpha value is -5.13. The Bertz CT molecular complexity index is 1810. The van der Waals surface area contributed by atoms with Crippen molar-refractivity contribution < 1.29 is 23.0 Å². The number of fused-ring (bicyclic) bond motifs is 1.